The van der Waals surface area contributed by atoms with Crippen molar-refractivity contribution >= 4 is 29.0 Å². The van der Waals surface area contributed by atoms with E-state index in [9.17, 15) is 14.4 Å². The number of amides is 1. The summed E-state index contributed by atoms with van der Waals surface area (Å²) >= 11 is 6.00. The lowest BCUT2D eigenvalue weighted by Gasteiger charge is -2.20. The molecule has 0 spiro atoms. The van der Waals surface area contributed by atoms with Crippen LogP contribution in [0.3, 0.4) is 0 Å². The summed E-state index contributed by atoms with van der Waals surface area (Å²) in [6.07, 6.45) is 1.05. The van der Waals surface area contributed by atoms with Crippen molar-refractivity contribution < 1.29 is 9.59 Å². The number of hydrogen-bond donors (Lipinski definition) is 2. The van der Waals surface area contributed by atoms with E-state index in [4.69, 9.17) is 11.6 Å². The number of nitrogens with one attached hydrogen (secondary N) is 2. The maximum absolute atomic E-state index is 12.3. The van der Waals surface area contributed by atoms with Crippen molar-refractivity contribution in [1.82, 2.24) is 4.98 Å². The van der Waals surface area contributed by atoms with Crippen molar-refractivity contribution in [3.8, 4) is 0 Å². The van der Waals surface area contributed by atoms with E-state index in [0.29, 0.717) is 34.8 Å². The van der Waals surface area contributed by atoms with Gasteiger partial charge in [-0.25, -0.2) is 0 Å². The van der Waals surface area contributed by atoms with Crippen LogP contribution in [0.15, 0.2) is 35.1 Å². The Bertz CT molecular complexity index is 857. The number of carbonyl (C=O) groups is 2. The summed E-state index contributed by atoms with van der Waals surface area (Å²) in [7, 11) is 0. The van der Waals surface area contributed by atoms with E-state index < -0.39 is 11.5 Å². The summed E-state index contributed by atoms with van der Waals surface area (Å²) in [6.45, 7) is 1.96. The summed E-state index contributed by atoms with van der Waals surface area (Å²) in [5, 5.41) is 2.97. The zero-order chi connectivity index (χ0) is 16.6. The number of rotatable bonds is 2. The number of pyridine rings is 1. The largest absolute Gasteiger partial charge is 0.325 e. The smallest absolute Gasteiger partial charge is 0.261 e. The van der Waals surface area contributed by atoms with Crippen LogP contribution in [0.5, 0.6) is 0 Å². The highest BCUT2D eigenvalue weighted by molar-refractivity contribution is 6.33. The molecule has 1 amide bonds. The lowest BCUT2D eigenvalue weighted by Crippen LogP contribution is -2.29. The summed E-state index contributed by atoms with van der Waals surface area (Å²) in [4.78, 5) is 39.3. The highest BCUT2D eigenvalue weighted by Crippen LogP contribution is 2.24. The van der Waals surface area contributed by atoms with E-state index in [1.807, 2.05) is 6.92 Å². The van der Waals surface area contributed by atoms with Gasteiger partial charge in [0.25, 0.3) is 11.5 Å². The molecule has 1 aromatic carbocycles. The number of H-pyrrole nitrogens is 1. The lowest BCUT2D eigenvalue weighted by atomic mass is 9.86. The van der Waals surface area contributed by atoms with Gasteiger partial charge in [-0.15, -0.1) is 0 Å². The Balaban J connectivity index is 1.96. The topological polar surface area (TPSA) is 79.0 Å². The van der Waals surface area contributed by atoms with Gasteiger partial charge in [0.15, 0.2) is 5.78 Å². The summed E-state index contributed by atoms with van der Waals surface area (Å²) in [6, 6.07) is 8.13. The van der Waals surface area contributed by atoms with Crippen molar-refractivity contribution in [3.63, 3.8) is 0 Å². The van der Waals surface area contributed by atoms with Gasteiger partial charge in [0.05, 0.1) is 10.7 Å². The minimum atomic E-state index is -0.589. The Kier molecular flexibility index (Phi) is 4.05. The fourth-order valence-electron chi connectivity index (χ4n) is 2.75. The van der Waals surface area contributed by atoms with E-state index in [0.717, 1.165) is 0 Å². The second-order valence-electron chi connectivity index (χ2n) is 5.77. The Morgan fingerprint density at radius 3 is 2.74 bits per heavy atom. The summed E-state index contributed by atoms with van der Waals surface area (Å²) in [5.74, 6) is -0.455. The molecule has 23 heavy (non-hydrogen) atoms. The van der Waals surface area contributed by atoms with Crippen LogP contribution in [0.25, 0.3) is 0 Å². The average molecular weight is 331 g/mol. The number of para-hydroxylation sites is 1. The van der Waals surface area contributed by atoms with Gasteiger partial charge in [0.1, 0.15) is 5.56 Å². The van der Waals surface area contributed by atoms with Crippen LogP contribution in [-0.2, 0) is 6.42 Å². The lowest BCUT2D eigenvalue weighted by molar-refractivity contribution is 0.0952. The fourth-order valence-corrected chi connectivity index (χ4v) is 2.93. The van der Waals surface area contributed by atoms with E-state index in [2.05, 4.69) is 10.3 Å². The molecule has 1 aliphatic carbocycles. The van der Waals surface area contributed by atoms with Gasteiger partial charge in [-0.2, -0.15) is 0 Å². The Morgan fingerprint density at radius 2 is 2.00 bits per heavy atom. The molecule has 0 saturated carbocycles. The normalized spacial score (nSPS) is 16.8. The molecule has 0 saturated heterocycles. The van der Waals surface area contributed by atoms with Crippen LogP contribution in [0.2, 0.25) is 5.02 Å². The Hall–Kier alpha value is -2.40. The molecule has 0 unspecified atom stereocenters. The molecule has 118 valence electrons. The van der Waals surface area contributed by atoms with E-state index >= 15 is 0 Å². The third-order valence-electron chi connectivity index (χ3n) is 3.88. The first-order chi connectivity index (χ1) is 11.0. The first-order valence-corrected chi connectivity index (χ1v) is 7.68. The van der Waals surface area contributed by atoms with Crippen LogP contribution in [0, 0.1) is 5.92 Å². The van der Waals surface area contributed by atoms with Gasteiger partial charge in [-0.1, -0.05) is 30.7 Å². The predicted octanol–water partition coefficient (Wildman–Crippen LogP) is 3.05. The minimum absolute atomic E-state index is 0.0539. The molecule has 1 heterocycles. The molecule has 1 atom stereocenters. The van der Waals surface area contributed by atoms with Crippen molar-refractivity contribution in [2.24, 2.45) is 5.92 Å². The monoisotopic (exact) mass is 330 g/mol. The second-order valence-corrected chi connectivity index (χ2v) is 6.18. The SMILES string of the molecule is C[C@@H]1CC(=O)c2cc(C(=O)Nc3ccccc3Cl)c(=O)[nH]c2C1. The summed E-state index contributed by atoms with van der Waals surface area (Å²) in [5.41, 5.74) is 0.845. The maximum Gasteiger partial charge on any atom is 0.261 e. The van der Waals surface area contributed by atoms with E-state index in [1.54, 1.807) is 24.3 Å². The van der Waals surface area contributed by atoms with Crippen molar-refractivity contribution in [2.45, 2.75) is 19.8 Å². The van der Waals surface area contributed by atoms with Crippen molar-refractivity contribution in [2.75, 3.05) is 5.32 Å². The van der Waals surface area contributed by atoms with Gasteiger partial charge >= 0.3 is 0 Å². The number of aromatic nitrogens is 1. The third kappa shape index (κ3) is 3.05. The Labute approximate surface area is 137 Å². The molecular formula is C17H15ClN2O3. The number of hydrogen-bond acceptors (Lipinski definition) is 3. The molecule has 0 fully saturated rings. The Morgan fingerprint density at radius 1 is 1.26 bits per heavy atom. The molecule has 0 radical (unpaired) electrons. The van der Waals surface area contributed by atoms with Gasteiger partial charge in [-0.05, 0) is 30.5 Å². The molecule has 3 rings (SSSR count). The quantitative estimate of drug-likeness (QED) is 0.888. The predicted molar refractivity (Wildman–Crippen MR) is 88.3 cm³/mol. The standard InChI is InChI=1S/C17H15ClN2O3/c1-9-6-14-10(15(21)7-9)8-11(17(23)20-14)16(22)19-13-5-3-2-4-12(13)18/h2-5,8-9H,6-7H2,1H3,(H,19,22)(H,20,23)/t9-/m0/s1. The van der Waals surface area contributed by atoms with Gasteiger partial charge < -0.3 is 10.3 Å². The fraction of sp³-hybridized carbons (Fsp3) is 0.235. The first-order valence-electron chi connectivity index (χ1n) is 7.31. The zero-order valence-electron chi connectivity index (χ0n) is 12.5. The number of Topliss-reactive ketones (excluding diaryl/α,β-unsaturated/α-hetero) is 1. The van der Waals surface area contributed by atoms with E-state index in [-0.39, 0.29) is 17.3 Å². The van der Waals surface area contributed by atoms with Crippen LogP contribution < -0.4 is 10.9 Å². The minimum Gasteiger partial charge on any atom is -0.325 e. The summed E-state index contributed by atoms with van der Waals surface area (Å²) < 4.78 is 0. The molecule has 1 aliphatic rings. The van der Waals surface area contributed by atoms with Crippen molar-refractivity contribution in [1.29, 1.82) is 0 Å². The highest BCUT2D eigenvalue weighted by atomic mass is 35.5. The molecule has 0 aliphatic heterocycles. The van der Waals surface area contributed by atoms with Crippen LogP contribution in [0.1, 0.15) is 39.8 Å². The third-order valence-corrected chi connectivity index (χ3v) is 4.21. The molecule has 1 aromatic heterocycles. The second kappa shape index (κ2) is 6.01. The molecule has 6 heteroatoms. The van der Waals surface area contributed by atoms with Gasteiger partial charge in [0, 0.05) is 17.7 Å². The zero-order valence-corrected chi connectivity index (χ0v) is 13.2. The van der Waals surface area contributed by atoms with Crippen LogP contribution >= 0.6 is 11.6 Å². The number of ketones is 1. The number of anilines is 1. The number of aromatic amines is 1. The average Bonchev–Trinajstić information content (AvgIpc) is 2.48. The van der Waals surface area contributed by atoms with Crippen LogP contribution in [-0.4, -0.2) is 16.7 Å². The molecule has 5 nitrogen and oxygen atoms in total. The van der Waals surface area contributed by atoms with Crippen molar-refractivity contribution in [3.05, 3.63) is 62.5 Å². The number of halogens is 1. The first kappa shape index (κ1) is 15.5. The molecule has 2 aromatic rings. The maximum atomic E-state index is 12.3. The van der Waals surface area contributed by atoms with Gasteiger partial charge in [-0.3, -0.25) is 14.4 Å². The van der Waals surface area contributed by atoms with E-state index in [1.165, 1.54) is 6.07 Å². The number of benzene rings is 1. The van der Waals surface area contributed by atoms with Gasteiger partial charge in [0.2, 0.25) is 0 Å². The highest BCUT2D eigenvalue weighted by Gasteiger charge is 2.25. The number of fused-ring (bicyclic) bond motifs is 1. The molecule has 2 N–H and O–H groups in total. The van der Waals surface area contributed by atoms with Crippen LogP contribution in [0.4, 0.5) is 5.69 Å². The molecular weight excluding hydrogens is 316 g/mol. The number of carbonyl (C=O) groups excluding carboxylic acids is 2. The molecule has 0 bridgehead atoms.